The van der Waals surface area contributed by atoms with Gasteiger partial charge in [0.15, 0.2) is 6.19 Å². The van der Waals surface area contributed by atoms with E-state index in [4.69, 9.17) is 21.6 Å². The minimum atomic E-state index is -4.70. The number of ether oxygens (including phenoxy) is 1. The number of hydrogen-bond donors (Lipinski definition) is 2. The summed E-state index contributed by atoms with van der Waals surface area (Å²) in [5.74, 6) is 0.0750. The van der Waals surface area contributed by atoms with Gasteiger partial charge < -0.3 is 10.1 Å². The van der Waals surface area contributed by atoms with Crippen LogP contribution in [-0.2, 0) is 10.3 Å². The number of rotatable bonds is 3. The predicted octanol–water partition coefficient (Wildman–Crippen LogP) is 3.38. The van der Waals surface area contributed by atoms with Gasteiger partial charge in [-0.05, 0) is 37.0 Å². The SMILES string of the molecule is N#CNC1=NC[C@](OCC2CC2)(C(F)(F)F)c2cc(Cl)ccc2N1. The lowest BCUT2D eigenvalue weighted by molar-refractivity contribution is -0.281. The Kier molecular flexibility index (Phi) is 4.32. The van der Waals surface area contributed by atoms with E-state index in [1.165, 1.54) is 18.2 Å². The molecule has 0 spiro atoms. The summed E-state index contributed by atoms with van der Waals surface area (Å²) in [7, 11) is 0. The minimum absolute atomic E-state index is 0.00198. The molecule has 0 aromatic heterocycles. The van der Waals surface area contributed by atoms with Crippen molar-refractivity contribution < 1.29 is 17.9 Å². The van der Waals surface area contributed by atoms with Gasteiger partial charge in [-0.25, -0.2) is 4.99 Å². The zero-order chi connectivity index (χ0) is 17.4. The van der Waals surface area contributed by atoms with Gasteiger partial charge in [0.1, 0.15) is 0 Å². The van der Waals surface area contributed by atoms with Crippen LogP contribution in [0.4, 0.5) is 18.9 Å². The first-order valence-electron chi connectivity index (χ1n) is 7.33. The number of alkyl halides is 3. The first-order valence-corrected chi connectivity index (χ1v) is 7.71. The monoisotopic (exact) mass is 358 g/mol. The van der Waals surface area contributed by atoms with Gasteiger partial charge in [0.25, 0.3) is 0 Å². The third kappa shape index (κ3) is 3.14. The van der Waals surface area contributed by atoms with E-state index < -0.39 is 18.3 Å². The summed E-state index contributed by atoms with van der Waals surface area (Å²) in [5.41, 5.74) is -2.60. The van der Waals surface area contributed by atoms with Crippen LogP contribution in [-0.4, -0.2) is 25.3 Å². The molecular weight excluding hydrogens is 345 g/mol. The van der Waals surface area contributed by atoms with Crippen LogP contribution in [0, 0.1) is 17.4 Å². The molecule has 128 valence electrons. The lowest BCUT2D eigenvalue weighted by Crippen LogP contribution is -2.48. The van der Waals surface area contributed by atoms with E-state index in [9.17, 15) is 13.2 Å². The molecule has 0 radical (unpaired) electrons. The van der Waals surface area contributed by atoms with Crippen LogP contribution in [0.15, 0.2) is 23.2 Å². The average Bonchev–Trinajstić information content (AvgIpc) is 3.32. The van der Waals surface area contributed by atoms with E-state index in [2.05, 4.69) is 15.6 Å². The van der Waals surface area contributed by atoms with Crippen LogP contribution in [0.2, 0.25) is 5.02 Å². The topological polar surface area (TPSA) is 69.4 Å². The highest BCUT2D eigenvalue weighted by atomic mass is 35.5. The van der Waals surface area contributed by atoms with Crippen LogP contribution in [0.25, 0.3) is 0 Å². The first-order chi connectivity index (χ1) is 11.4. The Morgan fingerprint density at radius 2 is 2.21 bits per heavy atom. The Bertz CT molecular complexity index is 712. The molecule has 0 unspecified atom stereocenters. The molecule has 0 bridgehead atoms. The summed E-state index contributed by atoms with van der Waals surface area (Å²) in [5, 5.41) is 13.8. The van der Waals surface area contributed by atoms with Crippen LogP contribution < -0.4 is 10.6 Å². The maximum absolute atomic E-state index is 14.0. The summed E-state index contributed by atoms with van der Waals surface area (Å²) >= 11 is 5.92. The highest BCUT2D eigenvalue weighted by Gasteiger charge is 2.59. The predicted molar refractivity (Wildman–Crippen MR) is 82.5 cm³/mol. The zero-order valence-electron chi connectivity index (χ0n) is 12.5. The number of nitrogens with zero attached hydrogens (tertiary/aromatic N) is 2. The molecular formula is C15H14ClF3N4O. The highest BCUT2D eigenvalue weighted by Crippen LogP contribution is 2.48. The molecule has 9 heteroatoms. The number of anilines is 1. The third-order valence-electron chi connectivity index (χ3n) is 4.02. The summed E-state index contributed by atoms with van der Waals surface area (Å²) in [6.07, 6.45) is -1.34. The molecule has 2 aliphatic rings. The molecule has 1 aromatic rings. The fraction of sp³-hybridized carbons (Fsp3) is 0.467. The van der Waals surface area contributed by atoms with E-state index >= 15 is 0 Å². The lowest BCUT2D eigenvalue weighted by atomic mass is 9.91. The van der Waals surface area contributed by atoms with Gasteiger partial charge in [-0.1, -0.05) is 11.6 Å². The molecule has 0 amide bonds. The van der Waals surface area contributed by atoms with Crippen molar-refractivity contribution in [1.29, 1.82) is 5.26 Å². The Labute approximate surface area is 141 Å². The van der Waals surface area contributed by atoms with Crippen LogP contribution in [0.1, 0.15) is 18.4 Å². The smallest absolute Gasteiger partial charge is 0.359 e. The standard InChI is InChI=1S/C15H14ClF3N4O/c16-10-3-4-12-11(5-10)14(15(17,18)19,24-6-9-1-2-9)7-21-13(23-12)22-8-20/h3-5,9H,1-2,6-7H2,(H2,21,22,23)/t14-/m1/s1. The number of nitriles is 1. The van der Waals surface area contributed by atoms with E-state index in [1.54, 1.807) is 6.19 Å². The number of benzene rings is 1. The van der Waals surface area contributed by atoms with Crippen LogP contribution in [0.5, 0.6) is 0 Å². The van der Waals surface area contributed by atoms with Crippen molar-refractivity contribution in [2.75, 3.05) is 18.5 Å². The van der Waals surface area contributed by atoms with Gasteiger partial charge in [0, 0.05) is 16.3 Å². The van der Waals surface area contributed by atoms with Crippen molar-refractivity contribution >= 4 is 23.2 Å². The maximum Gasteiger partial charge on any atom is 0.423 e. The Hall–Kier alpha value is -1.98. The van der Waals surface area contributed by atoms with Gasteiger partial charge >= 0.3 is 6.18 Å². The van der Waals surface area contributed by atoms with Crippen molar-refractivity contribution in [3.05, 3.63) is 28.8 Å². The number of aliphatic imine (C=N–C) groups is 1. The number of nitrogens with one attached hydrogen (secondary N) is 2. The second-order valence-corrected chi connectivity index (χ2v) is 6.23. The fourth-order valence-electron chi connectivity index (χ4n) is 2.52. The molecule has 2 N–H and O–H groups in total. The van der Waals surface area contributed by atoms with E-state index in [0.717, 1.165) is 12.8 Å². The largest absolute Gasteiger partial charge is 0.423 e. The molecule has 1 fully saturated rings. The number of guanidine groups is 1. The second-order valence-electron chi connectivity index (χ2n) is 5.80. The van der Waals surface area contributed by atoms with Crippen LogP contribution in [0.3, 0.4) is 0 Å². The van der Waals surface area contributed by atoms with Gasteiger partial charge in [0.2, 0.25) is 11.6 Å². The maximum atomic E-state index is 14.0. The van der Waals surface area contributed by atoms with E-state index in [-0.39, 0.29) is 34.8 Å². The molecule has 0 saturated heterocycles. The average molecular weight is 359 g/mol. The first kappa shape index (κ1) is 16.9. The Morgan fingerprint density at radius 1 is 1.46 bits per heavy atom. The third-order valence-corrected chi connectivity index (χ3v) is 4.26. The summed E-state index contributed by atoms with van der Waals surface area (Å²) in [6.45, 7) is -0.699. The Morgan fingerprint density at radius 3 is 2.83 bits per heavy atom. The fourth-order valence-corrected chi connectivity index (χ4v) is 2.69. The minimum Gasteiger partial charge on any atom is -0.359 e. The molecule has 1 atom stereocenters. The van der Waals surface area contributed by atoms with Crippen molar-refractivity contribution in [2.24, 2.45) is 10.9 Å². The van der Waals surface area contributed by atoms with Gasteiger partial charge in [-0.2, -0.15) is 18.4 Å². The molecule has 1 aromatic carbocycles. The van der Waals surface area contributed by atoms with E-state index in [0.29, 0.717) is 0 Å². The zero-order valence-corrected chi connectivity index (χ0v) is 13.2. The number of hydrogen-bond acceptors (Lipinski definition) is 5. The van der Waals surface area contributed by atoms with Crippen molar-refractivity contribution in [1.82, 2.24) is 5.32 Å². The highest BCUT2D eigenvalue weighted by molar-refractivity contribution is 6.30. The molecule has 1 aliphatic carbocycles. The molecule has 1 aliphatic heterocycles. The summed E-state index contributed by atoms with van der Waals surface area (Å²) in [4.78, 5) is 3.86. The molecule has 1 heterocycles. The molecule has 3 rings (SSSR count). The van der Waals surface area contributed by atoms with Crippen molar-refractivity contribution in [2.45, 2.75) is 24.6 Å². The van der Waals surface area contributed by atoms with Gasteiger partial charge in [-0.3, -0.25) is 5.32 Å². The summed E-state index contributed by atoms with van der Waals surface area (Å²) in [6, 6.07) is 4.11. The van der Waals surface area contributed by atoms with Crippen molar-refractivity contribution in [3.63, 3.8) is 0 Å². The van der Waals surface area contributed by atoms with Crippen LogP contribution >= 0.6 is 11.6 Å². The number of halogens is 4. The normalized spacial score (nSPS) is 23.4. The van der Waals surface area contributed by atoms with Crippen molar-refractivity contribution in [3.8, 4) is 6.19 Å². The second kappa shape index (κ2) is 6.15. The quantitative estimate of drug-likeness (QED) is 0.642. The van der Waals surface area contributed by atoms with Gasteiger partial charge in [-0.15, -0.1) is 0 Å². The molecule has 24 heavy (non-hydrogen) atoms. The molecule has 1 saturated carbocycles. The lowest BCUT2D eigenvalue weighted by Gasteiger charge is -2.35. The number of fused-ring (bicyclic) bond motifs is 1. The Balaban J connectivity index is 2.10. The molecule has 5 nitrogen and oxygen atoms in total. The summed E-state index contributed by atoms with van der Waals surface area (Å²) < 4.78 is 47.5. The van der Waals surface area contributed by atoms with Gasteiger partial charge in [0.05, 0.1) is 13.2 Å². The van der Waals surface area contributed by atoms with E-state index in [1.807, 2.05) is 0 Å².